The molecule has 3 rings (SSSR count). The average Bonchev–Trinajstić information content (AvgIpc) is 2.57. The second-order valence-corrected chi connectivity index (χ2v) is 6.88. The molecule has 6 heteroatoms. The number of hydrogen-bond donors (Lipinski definition) is 1. The molecule has 1 N–H and O–H groups in total. The summed E-state index contributed by atoms with van der Waals surface area (Å²) in [5.74, 6) is 1.01. The predicted molar refractivity (Wildman–Crippen MR) is 94.7 cm³/mol. The molecule has 6 nitrogen and oxygen atoms in total. The molecular weight excluding hydrogens is 320 g/mol. The van der Waals surface area contributed by atoms with Gasteiger partial charge in [-0.2, -0.15) is 0 Å². The van der Waals surface area contributed by atoms with Crippen molar-refractivity contribution in [2.24, 2.45) is 0 Å². The average molecular weight is 346 g/mol. The molecule has 0 aromatic heterocycles. The number of carbonyl (C=O) groups is 2. The summed E-state index contributed by atoms with van der Waals surface area (Å²) >= 11 is 0. The van der Waals surface area contributed by atoms with E-state index in [4.69, 9.17) is 9.47 Å². The quantitative estimate of drug-likeness (QED) is 0.831. The molecule has 2 aliphatic heterocycles. The van der Waals surface area contributed by atoms with Crippen molar-refractivity contribution in [3.63, 3.8) is 0 Å². The molecule has 2 unspecified atom stereocenters. The van der Waals surface area contributed by atoms with Crippen LogP contribution in [0.5, 0.6) is 5.75 Å². The number of hydrogen-bond acceptors (Lipinski definition) is 4. The van der Waals surface area contributed by atoms with E-state index in [1.54, 1.807) is 0 Å². The Morgan fingerprint density at radius 1 is 1.28 bits per heavy atom. The summed E-state index contributed by atoms with van der Waals surface area (Å²) in [4.78, 5) is 25.6. The monoisotopic (exact) mass is 346 g/mol. The summed E-state index contributed by atoms with van der Waals surface area (Å²) in [7, 11) is 0. The lowest BCUT2D eigenvalue weighted by atomic mass is 10.0. The number of ether oxygens (including phenoxy) is 2. The predicted octanol–water partition coefficient (Wildman–Crippen LogP) is 2.37. The number of amides is 2. The van der Waals surface area contributed by atoms with Gasteiger partial charge in [0.1, 0.15) is 5.75 Å². The maximum Gasteiger partial charge on any atom is 0.224 e. The molecule has 2 heterocycles. The zero-order valence-electron chi connectivity index (χ0n) is 14.9. The molecule has 1 aromatic carbocycles. The maximum atomic E-state index is 12.3. The zero-order chi connectivity index (χ0) is 17.8. The van der Waals surface area contributed by atoms with Crippen LogP contribution < -0.4 is 10.1 Å². The molecule has 0 radical (unpaired) electrons. The number of morpholine rings is 1. The van der Waals surface area contributed by atoms with E-state index in [1.807, 2.05) is 36.9 Å². The standard InChI is InChI=1S/C19H26N2O4/c1-13-11-21(12-14(2)25-13)19(23)4-3-9-24-16-6-7-17-15(10-16)5-8-18(22)20-17/h6-7,10,13-14H,3-5,8-9,11-12H2,1-2H3,(H,20,22). The van der Waals surface area contributed by atoms with Crippen molar-refractivity contribution < 1.29 is 19.1 Å². The molecule has 2 aliphatic rings. The number of rotatable bonds is 5. The van der Waals surface area contributed by atoms with Crippen LogP contribution in [-0.2, 0) is 20.7 Å². The molecule has 0 bridgehead atoms. The van der Waals surface area contributed by atoms with Crippen LogP contribution in [0, 0.1) is 0 Å². The number of benzene rings is 1. The van der Waals surface area contributed by atoms with Crippen LogP contribution in [0.1, 0.15) is 38.7 Å². The van der Waals surface area contributed by atoms with E-state index in [0.717, 1.165) is 23.4 Å². The molecule has 1 fully saturated rings. The first kappa shape index (κ1) is 17.7. The van der Waals surface area contributed by atoms with Gasteiger partial charge in [0.25, 0.3) is 0 Å². The van der Waals surface area contributed by atoms with Gasteiger partial charge in [-0.3, -0.25) is 9.59 Å². The highest BCUT2D eigenvalue weighted by Crippen LogP contribution is 2.26. The summed E-state index contributed by atoms with van der Waals surface area (Å²) < 4.78 is 11.4. The number of nitrogens with one attached hydrogen (secondary N) is 1. The molecule has 1 aromatic rings. The number of anilines is 1. The van der Waals surface area contributed by atoms with Crippen LogP contribution >= 0.6 is 0 Å². The SMILES string of the molecule is CC1CN(C(=O)CCCOc2ccc3c(c2)CCC(=O)N3)CC(C)O1. The molecular formula is C19H26N2O4. The first-order valence-corrected chi connectivity index (χ1v) is 9.00. The summed E-state index contributed by atoms with van der Waals surface area (Å²) in [5.41, 5.74) is 1.97. The molecule has 25 heavy (non-hydrogen) atoms. The van der Waals surface area contributed by atoms with Gasteiger partial charge in [-0.1, -0.05) is 0 Å². The van der Waals surface area contributed by atoms with Gasteiger partial charge in [-0.15, -0.1) is 0 Å². The minimum atomic E-state index is 0.0615. The fraction of sp³-hybridized carbons (Fsp3) is 0.579. The van der Waals surface area contributed by atoms with Gasteiger partial charge < -0.3 is 19.7 Å². The van der Waals surface area contributed by atoms with Crippen molar-refractivity contribution in [2.75, 3.05) is 25.0 Å². The van der Waals surface area contributed by atoms with E-state index in [2.05, 4.69) is 5.32 Å². The van der Waals surface area contributed by atoms with E-state index in [1.165, 1.54) is 0 Å². The Bertz CT molecular complexity index is 636. The van der Waals surface area contributed by atoms with Crippen molar-refractivity contribution in [3.05, 3.63) is 23.8 Å². The van der Waals surface area contributed by atoms with Gasteiger partial charge in [0.2, 0.25) is 11.8 Å². The second kappa shape index (κ2) is 7.87. The van der Waals surface area contributed by atoms with Crippen LogP contribution in [0.25, 0.3) is 0 Å². The van der Waals surface area contributed by atoms with Gasteiger partial charge in [0.15, 0.2) is 0 Å². The minimum Gasteiger partial charge on any atom is -0.494 e. The van der Waals surface area contributed by atoms with Gasteiger partial charge in [-0.05, 0) is 50.5 Å². The van der Waals surface area contributed by atoms with Gasteiger partial charge in [0, 0.05) is 31.6 Å². The summed E-state index contributed by atoms with van der Waals surface area (Å²) in [6, 6.07) is 5.71. The maximum absolute atomic E-state index is 12.3. The number of aryl methyl sites for hydroxylation is 1. The van der Waals surface area contributed by atoms with Gasteiger partial charge >= 0.3 is 0 Å². The van der Waals surface area contributed by atoms with Crippen LogP contribution in [-0.4, -0.2) is 48.6 Å². The number of fused-ring (bicyclic) bond motifs is 1. The molecule has 2 atom stereocenters. The van der Waals surface area contributed by atoms with Crippen molar-refractivity contribution in [1.29, 1.82) is 0 Å². The highest BCUT2D eigenvalue weighted by Gasteiger charge is 2.25. The van der Waals surface area contributed by atoms with E-state index < -0.39 is 0 Å². The largest absolute Gasteiger partial charge is 0.494 e. The fourth-order valence-electron chi connectivity index (χ4n) is 3.40. The Labute approximate surface area is 148 Å². The third-order valence-corrected chi connectivity index (χ3v) is 4.55. The van der Waals surface area contributed by atoms with Crippen molar-refractivity contribution in [1.82, 2.24) is 4.90 Å². The smallest absolute Gasteiger partial charge is 0.224 e. The van der Waals surface area contributed by atoms with Crippen molar-refractivity contribution in [2.45, 2.75) is 51.7 Å². The van der Waals surface area contributed by atoms with Crippen LogP contribution in [0.4, 0.5) is 5.69 Å². The summed E-state index contributed by atoms with van der Waals surface area (Å²) in [6.45, 7) is 5.84. The van der Waals surface area contributed by atoms with Crippen LogP contribution in [0.3, 0.4) is 0 Å². The Morgan fingerprint density at radius 3 is 2.80 bits per heavy atom. The van der Waals surface area contributed by atoms with Crippen molar-refractivity contribution >= 4 is 17.5 Å². The molecule has 0 aliphatic carbocycles. The highest BCUT2D eigenvalue weighted by molar-refractivity contribution is 5.94. The zero-order valence-corrected chi connectivity index (χ0v) is 14.9. The Hall–Kier alpha value is -2.08. The minimum absolute atomic E-state index is 0.0615. The third kappa shape index (κ3) is 4.72. The number of nitrogens with zero attached hydrogens (tertiary/aromatic N) is 1. The van der Waals surface area contributed by atoms with E-state index in [-0.39, 0.29) is 24.0 Å². The molecule has 0 saturated carbocycles. The van der Waals surface area contributed by atoms with E-state index in [0.29, 0.717) is 39.0 Å². The summed E-state index contributed by atoms with van der Waals surface area (Å²) in [5, 5.41) is 2.86. The van der Waals surface area contributed by atoms with Gasteiger partial charge in [-0.25, -0.2) is 0 Å². The van der Waals surface area contributed by atoms with Crippen molar-refractivity contribution in [3.8, 4) is 5.75 Å². The normalized spacial score (nSPS) is 23.0. The molecule has 0 spiro atoms. The Balaban J connectivity index is 1.42. The topological polar surface area (TPSA) is 67.9 Å². The van der Waals surface area contributed by atoms with Crippen LogP contribution in [0.15, 0.2) is 18.2 Å². The Morgan fingerprint density at radius 2 is 2.04 bits per heavy atom. The lowest BCUT2D eigenvalue weighted by molar-refractivity contribution is -0.143. The first-order chi connectivity index (χ1) is 12.0. The number of carbonyl (C=O) groups excluding carboxylic acids is 2. The second-order valence-electron chi connectivity index (χ2n) is 6.88. The van der Waals surface area contributed by atoms with Crippen LogP contribution in [0.2, 0.25) is 0 Å². The van der Waals surface area contributed by atoms with E-state index in [9.17, 15) is 9.59 Å². The highest BCUT2D eigenvalue weighted by atomic mass is 16.5. The lowest BCUT2D eigenvalue weighted by Crippen LogP contribution is -2.48. The molecule has 2 amide bonds. The van der Waals surface area contributed by atoms with Gasteiger partial charge in [0.05, 0.1) is 18.8 Å². The summed E-state index contributed by atoms with van der Waals surface area (Å²) in [6.07, 6.45) is 2.62. The Kier molecular flexibility index (Phi) is 5.58. The first-order valence-electron chi connectivity index (χ1n) is 9.00. The fourth-order valence-corrected chi connectivity index (χ4v) is 3.40. The molecule has 1 saturated heterocycles. The molecule has 136 valence electrons. The van der Waals surface area contributed by atoms with E-state index >= 15 is 0 Å². The lowest BCUT2D eigenvalue weighted by Gasteiger charge is -2.35. The third-order valence-electron chi connectivity index (χ3n) is 4.55.